The summed E-state index contributed by atoms with van der Waals surface area (Å²) in [6, 6.07) is 13.9. The molecule has 2 aromatic rings. The Kier molecular flexibility index (Phi) is 5.52. The van der Waals surface area contributed by atoms with Crippen LogP contribution in [-0.2, 0) is 10.8 Å². The van der Waals surface area contributed by atoms with E-state index < -0.39 is 16.8 Å². The first kappa shape index (κ1) is 15.7. The number of carboxylic acids is 1. The van der Waals surface area contributed by atoms with E-state index in [1.165, 1.54) is 6.07 Å². The summed E-state index contributed by atoms with van der Waals surface area (Å²) in [6.07, 6.45) is 0. The second-order valence-corrected chi connectivity index (χ2v) is 6.58. The summed E-state index contributed by atoms with van der Waals surface area (Å²) in [6.45, 7) is 0.301. The molecule has 0 aliphatic carbocycles. The Morgan fingerprint density at radius 2 is 1.90 bits per heavy atom. The number of aromatic carboxylic acids is 1. The molecule has 0 aliphatic rings. The third-order valence-electron chi connectivity index (χ3n) is 2.71. The van der Waals surface area contributed by atoms with Gasteiger partial charge in [0.2, 0.25) is 0 Å². The second kappa shape index (κ2) is 7.38. The molecule has 1 atom stereocenters. The Hall–Kier alpha value is -1.66. The summed E-state index contributed by atoms with van der Waals surface area (Å²) in [5, 5.41) is 9.04. The van der Waals surface area contributed by atoms with E-state index in [0.29, 0.717) is 21.7 Å². The molecule has 0 saturated heterocycles. The maximum absolute atomic E-state index is 12.1. The molecule has 4 nitrogen and oxygen atoms in total. The van der Waals surface area contributed by atoms with E-state index in [1.807, 2.05) is 30.3 Å². The minimum absolute atomic E-state index is 0.102. The molecule has 1 N–H and O–H groups in total. The summed E-state index contributed by atoms with van der Waals surface area (Å²) in [5.41, 5.74) is 0.102. The third kappa shape index (κ3) is 4.41. The van der Waals surface area contributed by atoms with Gasteiger partial charge in [0, 0.05) is 9.37 Å². The van der Waals surface area contributed by atoms with Gasteiger partial charge in [-0.3, -0.25) is 4.21 Å². The molecule has 0 saturated carbocycles. The van der Waals surface area contributed by atoms with E-state index in [9.17, 15) is 9.00 Å². The Morgan fingerprint density at radius 1 is 1.19 bits per heavy atom. The number of benzene rings is 2. The molecule has 6 heteroatoms. The van der Waals surface area contributed by atoms with E-state index in [0.717, 1.165) is 5.75 Å². The van der Waals surface area contributed by atoms with Gasteiger partial charge in [-0.2, -0.15) is 0 Å². The van der Waals surface area contributed by atoms with Gasteiger partial charge in [0.15, 0.2) is 0 Å². The number of rotatable bonds is 6. The fourth-order valence-corrected chi connectivity index (χ4v) is 3.04. The summed E-state index contributed by atoms with van der Waals surface area (Å²) in [5.74, 6) is -0.0342. The van der Waals surface area contributed by atoms with Gasteiger partial charge in [0.25, 0.3) is 0 Å². The van der Waals surface area contributed by atoms with E-state index in [4.69, 9.17) is 9.84 Å². The summed E-state index contributed by atoms with van der Waals surface area (Å²) >= 11 is 3.16. The molecule has 0 amide bonds. The largest absolute Gasteiger partial charge is 0.493 e. The monoisotopic (exact) mass is 368 g/mol. The number of ether oxygens (including phenoxy) is 1. The minimum atomic E-state index is -1.30. The first-order chi connectivity index (χ1) is 10.1. The molecule has 110 valence electrons. The van der Waals surface area contributed by atoms with Crippen LogP contribution in [0.25, 0.3) is 0 Å². The zero-order chi connectivity index (χ0) is 15.2. The normalized spacial score (nSPS) is 11.9. The number of hydrogen-bond acceptors (Lipinski definition) is 3. The molecule has 0 bridgehead atoms. The summed E-state index contributed by atoms with van der Waals surface area (Å²) in [7, 11) is -1.30. The second-order valence-electron chi connectivity index (χ2n) is 4.16. The average molecular weight is 369 g/mol. The van der Waals surface area contributed by atoms with Crippen LogP contribution in [0.5, 0.6) is 5.75 Å². The van der Waals surface area contributed by atoms with Crippen molar-refractivity contribution in [3.63, 3.8) is 0 Å². The quantitative estimate of drug-likeness (QED) is 0.849. The Balaban J connectivity index is 1.97. The third-order valence-corrected chi connectivity index (χ3v) is 4.72. The summed E-state index contributed by atoms with van der Waals surface area (Å²) in [4.78, 5) is 11.5. The highest BCUT2D eigenvalue weighted by Crippen LogP contribution is 2.20. The van der Waals surface area contributed by atoms with Gasteiger partial charge in [-0.15, -0.1) is 0 Å². The van der Waals surface area contributed by atoms with Crippen molar-refractivity contribution in [1.82, 2.24) is 0 Å². The lowest BCUT2D eigenvalue weighted by atomic mass is 10.2. The van der Waals surface area contributed by atoms with Crippen LogP contribution >= 0.6 is 15.9 Å². The lowest BCUT2D eigenvalue weighted by Crippen LogP contribution is -2.09. The average Bonchev–Trinajstić information content (AvgIpc) is 2.48. The molecule has 1 unspecified atom stereocenters. The molecule has 2 rings (SSSR count). The maximum Gasteiger partial charge on any atom is 0.336 e. The molecule has 21 heavy (non-hydrogen) atoms. The number of carboxylic acid groups (broad SMARTS) is 1. The predicted molar refractivity (Wildman–Crippen MR) is 84.3 cm³/mol. The standard InChI is InChI=1S/C15H13BrO4S/c16-14-7-6-12(10-13(14)15(17)18)21(19)9-8-20-11-4-2-1-3-5-11/h1-7,10H,8-9H2,(H,17,18). The van der Waals surface area contributed by atoms with Gasteiger partial charge in [-0.05, 0) is 46.3 Å². The van der Waals surface area contributed by atoms with Crippen molar-refractivity contribution in [2.75, 3.05) is 12.4 Å². The van der Waals surface area contributed by atoms with E-state index in [-0.39, 0.29) is 5.56 Å². The van der Waals surface area contributed by atoms with Crippen molar-refractivity contribution in [3.05, 3.63) is 58.6 Å². The van der Waals surface area contributed by atoms with Crippen molar-refractivity contribution in [3.8, 4) is 5.75 Å². The van der Waals surface area contributed by atoms with Gasteiger partial charge in [-0.25, -0.2) is 4.79 Å². The molecule has 0 aromatic heterocycles. The molecule has 0 fully saturated rings. The maximum atomic E-state index is 12.1. The minimum Gasteiger partial charge on any atom is -0.493 e. The van der Waals surface area contributed by atoms with E-state index in [2.05, 4.69) is 15.9 Å². The van der Waals surface area contributed by atoms with Gasteiger partial charge in [0.05, 0.1) is 22.1 Å². The number of carbonyl (C=O) groups is 1. The molecule has 2 aromatic carbocycles. The zero-order valence-electron chi connectivity index (χ0n) is 11.0. The molecule has 0 heterocycles. The first-order valence-electron chi connectivity index (χ1n) is 6.17. The van der Waals surface area contributed by atoms with Crippen molar-refractivity contribution in [2.24, 2.45) is 0 Å². The molecule has 0 radical (unpaired) electrons. The van der Waals surface area contributed by atoms with Crippen LogP contribution in [0, 0.1) is 0 Å². The van der Waals surface area contributed by atoms with Crippen LogP contribution < -0.4 is 4.74 Å². The van der Waals surface area contributed by atoms with E-state index >= 15 is 0 Å². The topological polar surface area (TPSA) is 63.6 Å². The van der Waals surface area contributed by atoms with Gasteiger partial charge >= 0.3 is 5.97 Å². The van der Waals surface area contributed by atoms with Crippen LogP contribution in [0.4, 0.5) is 0 Å². The summed E-state index contributed by atoms with van der Waals surface area (Å²) < 4.78 is 18.1. The number of para-hydroxylation sites is 1. The lowest BCUT2D eigenvalue weighted by Gasteiger charge is -2.07. The van der Waals surface area contributed by atoms with Crippen LogP contribution in [0.3, 0.4) is 0 Å². The molecule has 0 spiro atoms. The van der Waals surface area contributed by atoms with Gasteiger partial charge in [0.1, 0.15) is 12.4 Å². The van der Waals surface area contributed by atoms with Crippen LogP contribution in [0.2, 0.25) is 0 Å². The Bertz CT molecular complexity index is 658. The fraction of sp³-hybridized carbons (Fsp3) is 0.133. The van der Waals surface area contributed by atoms with Crippen molar-refractivity contribution >= 4 is 32.7 Å². The highest BCUT2D eigenvalue weighted by Gasteiger charge is 2.12. The first-order valence-corrected chi connectivity index (χ1v) is 8.28. The molecule has 0 aliphatic heterocycles. The van der Waals surface area contributed by atoms with Crippen LogP contribution in [-0.4, -0.2) is 27.6 Å². The van der Waals surface area contributed by atoms with Gasteiger partial charge < -0.3 is 9.84 Å². The Labute approximate surface area is 133 Å². The molecular weight excluding hydrogens is 356 g/mol. The fourth-order valence-electron chi connectivity index (χ4n) is 1.68. The Morgan fingerprint density at radius 3 is 2.57 bits per heavy atom. The van der Waals surface area contributed by atoms with Crippen molar-refractivity contribution in [2.45, 2.75) is 4.90 Å². The number of halogens is 1. The van der Waals surface area contributed by atoms with Crippen molar-refractivity contribution < 1.29 is 18.8 Å². The van der Waals surface area contributed by atoms with Gasteiger partial charge in [-0.1, -0.05) is 18.2 Å². The van der Waals surface area contributed by atoms with Crippen LogP contribution in [0.15, 0.2) is 57.9 Å². The highest BCUT2D eigenvalue weighted by atomic mass is 79.9. The smallest absolute Gasteiger partial charge is 0.336 e. The molecular formula is C15H13BrO4S. The zero-order valence-corrected chi connectivity index (χ0v) is 13.4. The predicted octanol–water partition coefficient (Wildman–Crippen LogP) is 3.33. The van der Waals surface area contributed by atoms with Crippen molar-refractivity contribution in [1.29, 1.82) is 0 Å². The lowest BCUT2D eigenvalue weighted by molar-refractivity contribution is 0.0695. The van der Waals surface area contributed by atoms with Crippen LogP contribution in [0.1, 0.15) is 10.4 Å². The number of hydrogen-bond donors (Lipinski definition) is 1. The SMILES string of the molecule is O=C(O)c1cc(S(=O)CCOc2ccccc2)ccc1Br. The van der Waals surface area contributed by atoms with E-state index in [1.54, 1.807) is 12.1 Å². The highest BCUT2D eigenvalue weighted by molar-refractivity contribution is 9.10.